The zero-order chi connectivity index (χ0) is 12.7. The summed E-state index contributed by atoms with van der Waals surface area (Å²) >= 11 is 3.23. The number of halogens is 1. The lowest BCUT2D eigenvalue weighted by Crippen LogP contribution is -2.35. The first kappa shape index (κ1) is 11.9. The Morgan fingerprint density at radius 3 is 3.17 bits per heavy atom. The molecule has 0 aromatic carbocycles. The zero-order valence-electron chi connectivity index (χ0n) is 9.67. The third kappa shape index (κ3) is 1.87. The molecule has 2 saturated heterocycles. The SMILES string of the molecule is O=[N+]([O-])c1cc(Br)cnc1N1CC[C@H]2CNC[C@H]21. The molecular formula is C11H13BrN4O2. The number of anilines is 1. The summed E-state index contributed by atoms with van der Waals surface area (Å²) in [6.45, 7) is 2.75. The van der Waals surface area contributed by atoms with Gasteiger partial charge in [0.25, 0.3) is 0 Å². The lowest BCUT2D eigenvalue weighted by atomic mass is 10.1. The van der Waals surface area contributed by atoms with E-state index < -0.39 is 0 Å². The summed E-state index contributed by atoms with van der Waals surface area (Å²) in [5, 5.41) is 14.5. The number of rotatable bonds is 2. The van der Waals surface area contributed by atoms with Crippen LogP contribution in [0.3, 0.4) is 0 Å². The van der Waals surface area contributed by atoms with E-state index in [0.29, 0.717) is 22.3 Å². The van der Waals surface area contributed by atoms with Gasteiger partial charge in [0.15, 0.2) is 0 Å². The van der Waals surface area contributed by atoms with Crippen molar-refractivity contribution in [3.8, 4) is 0 Å². The Hall–Kier alpha value is -1.21. The highest BCUT2D eigenvalue weighted by atomic mass is 79.9. The first-order valence-corrected chi connectivity index (χ1v) is 6.73. The predicted octanol–water partition coefficient (Wildman–Crippen LogP) is 1.55. The summed E-state index contributed by atoms with van der Waals surface area (Å²) in [6, 6.07) is 1.87. The summed E-state index contributed by atoms with van der Waals surface area (Å²) < 4.78 is 0.637. The third-order valence-corrected chi connectivity index (χ3v) is 4.16. The number of fused-ring (bicyclic) bond motifs is 1. The minimum Gasteiger partial charge on any atom is -0.346 e. The van der Waals surface area contributed by atoms with Gasteiger partial charge in [-0.2, -0.15) is 0 Å². The van der Waals surface area contributed by atoms with E-state index in [9.17, 15) is 10.1 Å². The Bertz CT molecular complexity index is 496. The molecule has 1 N–H and O–H groups in total. The highest BCUT2D eigenvalue weighted by molar-refractivity contribution is 9.10. The largest absolute Gasteiger partial charge is 0.346 e. The second-order valence-corrected chi connectivity index (χ2v) is 5.64. The number of nitro groups is 1. The molecule has 0 saturated carbocycles. The summed E-state index contributed by atoms with van der Waals surface area (Å²) in [6.07, 6.45) is 2.70. The van der Waals surface area contributed by atoms with Crippen LogP contribution < -0.4 is 10.2 Å². The van der Waals surface area contributed by atoms with Crippen LogP contribution in [0.5, 0.6) is 0 Å². The molecule has 2 aliphatic rings. The predicted molar refractivity (Wildman–Crippen MR) is 70.7 cm³/mol. The monoisotopic (exact) mass is 312 g/mol. The van der Waals surface area contributed by atoms with Gasteiger partial charge in [0.2, 0.25) is 5.82 Å². The Morgan fingerprint density at radius 1 is 1.56 bits per heavy atom. The van der Waals surface area contributed by atoms with Gasteiger partial charge in [-0.15, -0.1) is 0 Å². The minimum absolute atomic E-state index is 0.0805. The van der Waals surface area contributed by atoms with E-state index in [1.54, 1.807) is 6.20 Å². The Balaban J connectivity index is 1.99. The van der Waals surface area contributed by atoms with E-state index in [0.717, 1.165) is 26.1 Å². The maximum absolute atomic E-state index is 11.1. The van der Waals surface area contributed by atoms with Gasteiger partial charge in [-0.1, -0.05) is 0 Å². The van der Waals surface area contributed by atoms with Gasteiger partial charge >= 0.3 is 5.69 Å². The van der Waals surface area contributed by atoms with Crippen molar-refractivity contribution in [3.05, 3.63) is 26.9 Å². The molecule has 18 heavy (non-hydrogen) atoms. The number of nitrogens with zero attached hydrogens (tertiary/aromatic N) is 3. The first-order valence-electron chi connectivity index (χ1n) is 5.94. The number of aromatic nitrogens is 1. The molecule has 0 spiro atoms. The molecular weight excluding hydrogens is 300 g/mol. The molecule has 0 aliphatic carbocycles. The fourth-order valence-corrected chi connectivity index (χ4v) is 3.21. The highest BCUT2D eigenvalue weighted by Gasteiger charge is 2.40. The number of hydrogen-bond acceptors (Lipinski definition) is 5. The quantitative estimate of drug-likeness (QED) is 0.662. The topological polar surface area (TPSA) is 71.3 Å². The van der Waals surface area contributed by atoms with Crippen LogP contribution in [0, 0.1) is 16.0 Å². The second kappa shape index (κ2) is 4.47. The van der Waals surface area contributed by atoms with E-state index in [2.05, 4.69) is 31.1 Å². The Labute approximate surface area is 113 Å². The van der Waals surface area contributed by atoms with E-state index in [-0.39, 0.29) is 10.6 Å². The van der Waals surface area contributed by atoms with Crippen molar-refractivity contribution >= 4 is 27.4 Å². The molecule has 3 heterocycles. The Morgan fingerprint density at radius 2 is 2.39 bits per heavy atom. The standard InChI is InChI=1S/C11H13BrN4O2/c12-8-3-9(16(17)18)11(14-5-8)15-2-1-7-4-13-6-10(7)15/h3,5,7,10,13H,1-2,4,6H2/t7-,10+/m0/s1. The summed E-state index contributed by atoms with van der Waals surface area (Å²) in [5.74, 6) is 1.09. The fraction of sp³-hybridized carbons (Fsp3) is 0.545. The van der Waals surface area contributed by atoms with E-state index in [1.165, 1.54) is 6.07 Å². The first-order chi connectivity index (χ1) is 8.66. The summed E-state index contributed by atoms with van der Waals surface area (Å²) in [7, 11) is 0. The average molecular weight is 313 g/mol. The molecule has 0 radical (unpaired) electrons. The van der Waals surface area contributed by atoms with Gasteiger partial charge in [-0.05, 0) is 28.3 Å². The van der Waals surface area contributed by atoms with Crippen LogP contribution in [0.25, 0.3) is 0 Å². The van der Waals surface area contributed by atoms with Crippen LogP contribution >= 0.6 is 15.9 Å². The van der Waals surface area contributed by atoms with Gasteiger partial charge < -0.3 is 10.2 Å². The Kier molecular flexibility index (Phi) is 2.95. The van der Waals surface area contributed by atoms with Crippen molar-refractivity contribution in [1.82, 2.24) is 10.3 Å². The van der Waals surface area contributed by atoms with Crippen molar-refractivity contribution in [2.45, 2.75) is 12.5 Å². The maximum Gasteiger partial charge on any atom is 0.312 e. The molecule has 3 rings (SSSR count). The number of pyridine rings is 1. The molecule has 0 amide bonds. The van der Waals surface area contributed by atoms with Gasteiger partial charge in [0.1, 0.15) is 0 Å². The fourth-order valence-electron chi connectivity index (χ4n) is 2.89. The molecule has 6 nitrogen and oxygen atoms in total. The number of hydrogen-bond donors (Lipinski definition) is 1. The lowest BCUT2D eigenvalue weighted by Gasteiger charge is -2.24. The average Bonchev–Trinajstić information content (AvgIpc) is 2.91. The van der Waals surface area contributed by atoms with Crippen molar-refractivity contribution in [2.75, 3.05) is 24.5 Å². The van der Waals surface area contributed by atoms with E-state index in [4.69, 9.17) is 0 Å². The molecule has 2 fully saturated rings. The van der Waals surface area contributed by atoms with Crippen LogP contribution in [0.2, 0.25) is 0 Å². The number of nitrogens with one attached hydrogen (secondary N) is 1. The lowest BCUT2D eigenvalue weighted by molar-refractivity contribution is -0.384. The van der Waals surface area contributed by atoms with E-state index in [1.807, 2.05) is 0 Å². The molecule has 2 aliphatic heterocycles. The zero-order valence-corrected chi connectivity index (χ0v) is 11.3. The van der Waals surface area contributed by atoms with Gasteiger partial charge in [0, 0.05) is 42.4 Å². The van der Waals surface area contributed by atoms with Gasteiger partial charge in [-0.25, -0.2) is 4.98 Å². The highest BCUT2D eigenvalue weighted by Crippen LogP contribution is 2.36. The van der Waals surface area contributed by atoms with Crippen molar-refractivity contribution in [3.63, 3.8) is 0 Å². The molecule has 1 aromatic heterocycles. The smallest absolute Gasteiger partial charge is 0.312 e. The molecule has 96 valence electrons. The third-order valence-electron chi connectivity index (χ3n) is 3.73. The van der Waals surface area contributed by atoms with Crippen molar-refractivity contribution < 1.29 is 4.92 Å². The maximum atomic E-state index is 11.1. The van der Waals surface area contributed by atoms with Crippen LogP contribution in [0.1, 0.15) is 6.42 Å². The molecule has 7 heteroatoms. The van der Waals surface area contributed by atoms with Crippen LogP contribution in [-0.4, -0.2) is 35.6 Å². The van der Waals surface area contributed by atoms with Crippen LogP contribution in [-0.2, 0) is 0 Å². The molecule has 2 atom stereocenters. The van der Waals surface area contributed by atoms with Gasteiger partial charge in [0.05, 0.1) is 4.92 Å². The molecule has 0 bridgehead atoms. The summed E-state index contributed by atoms with van der Waals surface area (Å²) in [5.41, 5.74) is 0.0805. The van der Waals surface area contributed by atoms with Crippen molar-refractivity contribution in [2.24, 2.45) is 5.92 Å². The minimum atomic E-state index is -0.358. The van der Waals surface area contributed by atoms with Crippen LogP contribution in [0.15, 0.2) is 16.7 Å². The normalized spacial score (nSPS) is 26.4. The van der Waals surface area contributed by atoms with E-state index >= 15 is 0 Å². The molecule has 1 aromatic rings. The van der Waals surface area contributed by atoms with Crippen molar-refractivity contribution in [1.29, 1.82) is 0 Å². The van der Waals surface area contributed by atoms with Gasteiger partial charge in [-0.3, -0.25) is 10.1 Å². The summed E-state index contributed by atoms with van der Waals surface area (Å²) in [4.78, 5) is 17.1. The molecule has 0 unspecified atom stereocenters. The van der Waals surface area contributed by atoms with Crippen LogP contribution in [0.4, 0.5) is 11.5 Å². The second-order valence-electron chi connectivity index (χ2n) is 4.72.